The smallest absolute Gasteiger partial charge is 0.268 e. The largest absolute Gasteiger partial charge is 0.492 e. The van der Waals surface area contributed by atoms with E-state index in [1.807, 2.05) is 23.4 Å². The lowest BCUT2D eigenvalue weighted by Crippen LogP contribution is -2.26. The molecule has 0 aliphatic carbocycles. The Morgan fingerprint density at radius 3 is 2.87 bits per heavy atom. The van der Waals surface area contributed by atoms with E-state index in [0.717, 1.165) is 5.52 Å². The predicted molar refractivity (Wildman–Crippen MR) is 88.5 cm³/mol. The Kier molecular flexibility index (Phi) is 4.68. The van der Waals surface area contributed by atoms with Crippen molar-refractivity contribution in [2.45, 2.75) is 6.54 Å². The molecule has 2 heterocycles. The van der Waals surface area contributed by atoms with Crippen molar-refractivity contribution < 1.29 is 9.13 Å². The SMILES string of the molecule is CN(CCOc1ccc(F)cc1)Cc1nc2ccsc2c(=O)[nH]1. The van der Waals surface area contributed by atoms with Gasteiger partial charge in [0.1, 0.15) is 28.7 Å². The minimum Gasteiger partial charge on any atom is -0.492 e. The van der Waals surface area contributed by atoms with Crippen LogP contribution >= 0.6 is 11.3 Å². The van der Waals surface area contributed by atoms with Gasteiger partial charge >= 0.3 is 0 Å². The van der Waals surface area contributed by atoms with Gasteiger partial charge in [-0.1, -0.05) is 0 Å². The molecular weight excluding hydrogens is 317 g/mol. The minimum atomic E-state index is -0.284. The zero-order valence-corrected chi connectivity index (χ0v) is 13.4. The third-order valence-electron chi connectivity index (χ3n) is 3.34. The summed E-state index contributed by atoms with van der Waals surface area (Å²) in [5, 5.41) is 1.86. The van der Waals surface area contributed by atoms with E-state index in [2.05, 4.69) is 9.97 Å². The van der Waals surface area contributed by atoms with E-state index in [4.69, 9.17) is 4.74 Å². The molecule has 0 bridgehead atoms. The number of H-pyrrole nitrogens is 1. The second kappa shape index (κ2) is 6.89. The van der Waals surface area contributed by atoms with Crippen molar-refractivity contribution >= 4 is 21.6 Å². The molecule has 7 heteroatoms. The maximum Gasteiger partial charge on any atom is 0.268 e. The van der Waals surface area contributed by atoms with E-state index in [1.54, 1.807) is 12.1 Å². The first kappa shape index (κ1) is 15.6. The molecule has 1 N–H and O–H groups in total. The van der Waals surface area contributed by atoms with Crippen molar-refractivity contribution in [3.63, 3.8) is 0 Å². The van der Waals surface area contributed by atoms with Gasteiger partial charge in [0.15, 0.2) is 0 Å². The topological polar surface area (TPSA) is 58.2 Å². The number of nitrogens with zero attached hydrogens (tertiary/aromatic N) is 2. The van der Waals surface area contributed by atoms with E-state index in [-0.39, 0.29) is 11.4 Å². The Balaban J connectivity index is 1.54. The molecule has 3 rings (SSSR count). The van der Waals surface area contributed by atoms with Crippen LogP contribution in [0.5, 0.6) is 5.75 Å². The van der Waals surface area contributed by atoms with Crippen LogP contribution in [0.2, 0.25) is 0 Å². The number of fused-ring (bicyclic) bond motifs is 1. The first-order chi connectivity index (χ1) is 11.1. The Hall–Kier alpha value is -2.25. The third kappa shape index (κ3) is 3.94. The monoisotopic (exact) mass is 333 g/mol. The minimum absolute atomic E-state index is 0.101. The predicted octanol–water partition coefficient (Wildman–Crippen LogP) is 2.63. The molecule has 2 aromatic heterocycles. The maximum atomic E-state index is 12.8. The summed E-state index contributed by atoms with van der Waals surface area (Å²) in [6, 6.07) is 7.77. The standard InChI is InChI=1S/C16H16FN3O2S/c1-20(7-8-22-12-4-2-11(17)3-5-12)10-14-18-13-6-9-23-15(13)16(21)19-14/h2-6,9H,7-8,10H2,1H3,(H,18,19,21). The molecule has 1 aromatic carbocycles. The first-order valence-electron chi connectivity index (χ1n) is 7.15. The highest BCUT2D eigenvalue weighted by Gasteiger charge is 2.07. The van der Waals surface area contributed by atoms with Crippen LogP contribution in [0.1, 0.15) is 5.82 Å². The zero-order chi connectivity index (χ0) is 16.2. The molecule has 0 radical (unpaired) electrons. The Bertz CT molecular complexity index is 844. The molecule has 3 aromatic rings. The van der Waals surface area contributed by atoms with E-state index in [1.165, 1.54) is 23.5 Å². The van der Waals surface area contributed by atoms with Crippen molar-refractivity contribution in [3.8, 4) is 5.75 Å². The molecule has 0 fully saturated rings. The van der Waals surface area contributed by atoms with Crippen molar-refractivity contribution in [1.29, 1.82) is 0 Å². The fourth-order valence-electron chi connectivity index (χ4n) is 2.18. The van der Waals surface area contributed by atoms with E-state index in [0.29, 0.717) is 36.0 Å². The van der Waals surface area contributed by atoms with E-state index < -0.39 is 0 Å². The number of halogens is 1. The number of hydrogen-bond donors (Lipinski definition) is 1. The lowest BCUT2D eigenvalue weighted by molar-refractivity contribution is 0.229. The first-order valence-corrected chi connectivity index (χ1v) is 8.03. The van der Waals surface area contributed by atoms with Gasteiger partial charge in [-0.2, -0.15) is 0 Å². The summed E-state index contributed by atoms with van der Waals surface area (Å²) in [6.07, 6.45) is 0. The molecule has 23 heavy (non-hydrogen) atoms. The van der Waals surface area contributed by atoms with Gasteiger partial charge < -0.3 is 9.72 Å². The summed E-state index contributed by atoms with van der Waals surface area (Å²) in [7, 11) is 1.92. The number of thiophene rings is 1. The molecule has 120 valence electrons. The molecule has 0 atom stereocenters. The number of nitrogens with one attached hydrogen (secondary N) is 1. The number of benzene rings is 1. The van der Waals surface area contributed by atoms with Gasteiger partial charge in [-0.3, -0.25) is 9.69 Å². The molecule has 0 amide bonds. The number of hydrogen-bond acceptors (Lipinski definition) is 5. The number of aromatic amines is 1. The number of ether oxygens (including phenoxy) is 1. The highest BCUT2D eigenvalue weighted by atomic mass is 32.1. The van der Waals surface area contributed by atoms with Gasteiger partial charge in [0.25, 0.3) is 5.56 Å². The Morgan fingerprint density at radius 1 is 1.30 bits per heavy atom. The lowest BCUT2D eigenvalue weighted by Gasteiger charge is -2.16. The Morgan fingerprint density at radius 2 is 2.09 bits per heavy atom. The molecule has 5 nitrogen and oxygen atoms in total. The summed E-state index contributed by atoms with van der Waals surface area (Å²) in [6.45, 7) is 1.64. The van der Waals surface area contributed by atoms with Gasteiger partial charge in [-0.05, 0) is 42.8 Å². The molecule has 0 unspecified atom stereocenters. The summed E-state index contributed by atoms with van der Waals surface area (Å²) in [5.41, 5.74) is 0.626. The van der Waals surface area contributed by atoms with Gasteiger partial charge in [-0.15, -0.1) is 11.3 Å². The number of rotatable bonds is 6. The lowest BCUT2D eigenvalue weighted by atomic mass is 10.3. The van der Waals surface area contributed by atoms with Crippen LogP contribution < -0.4 is 10.3 Å². The third-order valence-corrected chi connectivity index (χ3v) is 4.24. The van der Waals surface area contributed by atoms with E-state index >= 15 is 0 Å². The van der Waals surface area contributed by atoms with Crippen molar-refractivity contribution in [1.82, 2.24) is 14.9 Å². The van der Waals surface area contributed by atoms with E-state index in [9.17, 15) is 9.18 Å². The van der Waals surface area contributed by atoms with Crippen LogP contribution in [0, 0.1) is 5.82 Å². The summed E-state index contributed by atoms with van der Waals surface area (Å²) in [5.74, 6) is 0.976. The van der Waals surface area contributed by atoms with Crippen LogP contribution in [0.3, 0.4) is 0 Å². The quantitative estimate of drug-likeness (QED) is 0.753. The van der Waals surface area contributed by atoms with Crippen LogP contribution in [-0.2, 0) is 6.54 Å². The fourth-order valence-corrected chi connectivity index (χ4v) is 2.91. The highest BCUT2D eigenvalue weighted by molar-refractivity contribution is 7.17. The summed E-state index contributed by atoms with van der Waals surface area (Å²) < 4.78 is 19.0. The fraction of sp³-hybridized carbons (Fsp3) is 0.250. The van der Waals surface area contributed by atoms with Crippen LogP contribution in [-0.4, -0.2) is 35.1 Å². The highest BCUT2D eigenvalue weighted by Crippen LogP contribution is 2.14. The molecule has 0 spiro atoms. The van der Waals surface area contributed by atoms with Crippen LogP contribution in [0.25, 0.3) is 10.2 Å². The maximum absolute atomic E-state index is 12.8. The molecule has 0 saturated carbocycles. The Labute approximate surface area is 136 Å². The molecule has 0 aliphatic rings. The van der Waals surface area contributed by atoms with Crippen molar-refractivity contribution in [3.05, 3.63) is 57.7 Å². The molecule has 0 aliphatic heterocycles. The van der Waals surface area contributed by atoms with Crippen molar-refractivity contribution in [2.24, 2.45) is 0 Å². The van der Waals surface area contributed by atoms with Gasteiger partial charge in [-0.25, -0.2) is 9.37 Å². The summed E-state index contributed by atoms with van der Waals surface area (Å²) in [4.78, 5) is 21.2. The van der Waals surface area contributed by atoms with Gasteiger partial charge in [0, 0.05) is 6.54 Å². The molecular formula is C16H16FN3O2S. The number of likely N-dealkylation sites (N-methyl/N-ethyl adjacent to an activating group) is 1. The van der Waals surface area contributed by atoms with Gasteiger partial charge in [0.05, 0.1) is 12.1 Å². The summed E-state index contributed by atoms with van der Waals surface area (Å²) >= 11 is 1.39. The zero-order valence-electron chi connectivity index (χ0n) is 12.6. The average Bonchev–Trinajstić information content (AvgIpc) is 2.98. The average molecular weight is 333 g/mol. The number of aromatic nitrogens is 2. The second-order valence-corrected chi connectivity index (χ2v) is 6.10. The van der Waals surface area contributed by atoms with Crippen molar-refractivity contribution in [2.75, 3.05) is 20.2 Å². The van der Waals surface area contributed by atoms with Crippen LogP contribution in [0.4, 0.5) is 4.39 Å². The van der Waals surface area contributed by atoms with Crippen LogP contribution in [0.15, 0.2) is 40.5 Å². The normalized spacial score (nSPS) is 11.3. The second-order valence-electron chi connectivity index (χ2n) is 5.19. The molecule has 0 saturated heterocycles. The van der Waals surface area contributed by atoms with Gasteiger partial charge in [0.2, 0.25) is 0 Å².